The molecule has 0 bridgehead atoms. The molecule has 0 atom stereocenters. The molecule has 1 rings (SSSR count). The van der Waals surface area contributed by atoms with Gasteiger partial charge in [0.2, 0.25) is 0 Å². The van der Waals surface area contributed by atoms with Crippen LogP contribution in [0.4, 0.5) is 0 Å². The fourth-order valence-corrected chi connectivity index (χ4v) is 2.58. The van der Waals surface area contributed by atoms with Crippen LogP contribution < -0.4 is 15.4 Å². The fourth-order valence-electron chi connectivity index (χ4n) is 2.15. The van der Waals surface area contributed by atoms with Gasteiger partial charge in [-0.2, -0.15) is 11.8 Å². The van der Waals surface area contributed by atoms with Crippen LogP contribution in [0.1, 0.15) is 24.0 Å². The number of guanidine groups is 1. The normalized spacial score (nSPS) is 11.4. The Labute approximate surface area is 150 Å². The first kappa shape index (κ1) is 20.6. The van der Waals surface area contributed by atoms with E-state index >= 15 is 0 Å². The summed E-state index contributed by atoms with van der Waals surface area (Å²) < 4.78 is 11.0. The van der Waals surface area contributed by atoms with Crippen molar-refractivity contribution in [2.75, 3.05) is 45.9 Å². The van der Waals surface area contributed by atoms with Gasteiger partial charge in [0.1, 0.15) is 5.75 Å². The summed E-state index contributed by atoms with van der Waals surface area (Å²) in [5.41, 5.74) is 2.32. The van der Waals surface area contributed by atoms with Gasteiger partial charge in [-0.25, -0.2) is 0 Å². The van der Waals surface area contributed by atoms with Gasteiger partial charge in [0.25, 0.3) is 0 Å². The van der Waals surface area contributed by atoms with Crippen molar-refractivity contribution in [2.24, 2.45) is 4.99 Å². The highest BCUT2D eigenvalue weighted by atomic mass is 32.2. The van der Waals surface area contributed by atoms with Crippen molar-refractivity contribution in [3.63, 3.8) is 0 Å². The average Bonchev–Trinajstić information content (AvgIpc) is 2.59. The van der Waals surface area contributed by atoms with Gasteiger partial charge in [-0.05, 0) is 37.0 Å². The number of hydrogen-bond acceptors (Lipinski definition) is 4. The Bertz CT molecular complexity index is 495. The predicted molar refractivity (Wildman–Crippen MR) is 104 cm³/mol. The first-order valence-corrected chi connectivity index (χ1v) is 9.75. The Morgan fingerprint density at radius 1 is 1.21 bits per heavy atom. The molecule has 0 heterocycles. The van der Waals surface area contributed by atoms with Gasteiger partial charge in [0.05, 0.1) is 6.61 Å². The molecule has 0 saturated heterocycles. The van der Waals surface area contributed by atoms with Gasteiger partial charge in [0, 0.05) is 45.8 Å². The van der Waals surface area contributed by atoms with E-state index in [1.54, 1.807) is 14.2 Å². The van der Waals surface area contributed by atoms with E-state index in [1.807, 2.05) is 11.8 Å². The Hall–Kier alpha value is -1.40. The van der Waals surface area contributed by atoms with Crippen LogP contribution in [0.25, 0.3) is 0 Å². The third-order valence-corrected chi connectivity index (χ3v) is 4.16. The van der Waals surface area contributed by atoms with E-state index in [0.29, 0.717) is 19.8 Å². The number of rotatable bonds is 11. The smallest absolute Gasteiger partial charge is 0.191 e. The highest BCUT2D eigenvalue weighted by molar-refractivity contribution is 7.98. The molecular weight excluding hydrogens is 322 g/mol. The summed E-state index contributed by atoms with van der Waals surface area (Å²) in [4.78, 5) is 4.26. The standard InChI is InChI=1S/C18H31N3O2S/c1-15-7-8-16(17(13-15)23-11-6-10-22-3)14-21-18(19-2)20-9-5-12-24-4/h7-8,13H,5-6,9-12,14H2,1-4H3,(H2,19,20,21). The van der Waals surface area contributed by atoms with E-state index in [4.69, 9.17) is 9.47 Å². The molecule has 0 radical (unpaired) electrons. The summed E-state index contributed by atoms with van der Waals surface area (Å²) in [6.45, 7) is 5.06. The van der Waals surface area contributed by atoms with Crippen molar-refractivity contribution in [2.45, 2.75) is 26.3 Å². The highest BCUT2D eigenvalue weighted by Gasteiger charge is 2.06. The van der Waals surface area contributed by atoms with Gasteiger partial charge in [0.15, 0.2) is 5.96 Å². The molecule has 0 aliphatic carbocycles. The topological polar surface area (TPSA) is 54.9 Å². The van der Waals surface area contributed by atoms with Crippen LogP contribution in [-0.4, -0.2) is 51.9 Å². The lowest BCUT2D eigenvalue weighted by Crippen LogP contribution is -2.37. The van der Waals surface area contributed by atoms with Crippen molar-refractivity contribution in [1.82, 2.24) is 10.6 Å². The van der Waals surface area contributed by atoms with Crippen molar-refractivity contribution < 1.29 is 9.47 Å². The van der Waals surface area contributed by atoms with Crippen LogP contribution in [0.2, 0.25) is 0 Å². The predicted octanol–water partition coefficient (Wildman–Crippen LogP) is 2.83. The molecule has 5 nitrogen and oxygen atoms in total. The minimum absolute atomic E-state index is 0.659. The molecule has 6 heteroatoms. The molecule has 0 spiro atoms. The minimum Gasteiger partial charge on any atom is -0.493 e. The van der Waals surface area contributed by atoms with Crippen LogP contribution in [0.3, 0.4) is 0 Å². The maximum Gasteiger partial charge on any atom is 0.191 e. The van der Waals surface area contributed by atoms with E-state index in [9.17, 15) is 0 Å². The lowest BCUT2D eigenvalue weighted by molar-refractivity contribution is 0.172. The second kappa shape index (κ2) is 13.0. The first-order chi connectivity index (χ1) is 11.7. The van der Waals surface area contributed by atoms with Crippen LogP contribution in [0.5, 0.6) is 5.75 Å². The summed E-state index contributed by atoms with van der Waals surface area (Å²) in [6.07, 6.45) is 4.13. The van der Waals surface area contributed by atoms with Crippen molar-refractivity contribution in [1.29, 1.82) is 0 Å². The zero-order valence-corrected chi connectivity index (χ0v) is 16.2. The second-order valence-electron chi connectivity index (χ2n) is 5.50. The molecule has 1 aromatic rings. The number of hydrogen-bond donors (Lipinski definition) is 2. The van der Waals surface area contributed by atoms with Crippen molar-refractivity contribution in [3.8, 4) is 5.75 Å². The summed E-state index contributed by atoms with van der Waals surface area (Å²) in [7, 11) is 3.50. The van der Waals surface area contributed by atoms with Gasteiger partial charge in [-0.1, -0.05) is 12.1 Å². The lowest BCUT2D eigenvalue weighted by atomic mass is 10.1. The van der Waals surface area contributed by atoms with Crippen LogP contribution in [-0.2, 0) is 11.3 Å². The second-order valence-corrected chi connectivity index (χ2v) is 6.49. The Kier molecular flexibility index (Phi) is 11.1. The molecule has 0 amide bonds. The summed E-state index contributed by atoms with van der Waals surface area (Å²) >= 11 is 1.86. The molecule has 0 aliphatic rings. The molecule has 0 fully saturated rings. The van der Waals surface area contributed by atoms with Crippen molar-refractivity contribution >= 4 is 17.7 Å². The van der Waals surface area contributed by atoms with Gasteiger partial charge in [-0.15, -0.1) is 0 Å². The molecule has 2 N–H and O–H groups in total. The molecule has 1 aromatic carbocycles. The first-order valence-electron chi connectivity index (χ1n) is 8.36. The molecule has 24 heavy (non-hydrogen) atoms. The van der Waals surface area contributed by atoms with Crippen LogP contribution in [0.15, 0.2) is 23.2 Å². The maximum atomic E-state index is 5.92. The fraction of sp³-hybridized carbons (Fsp3) is 0.611. The number of thioether (sulfide) groups is 1. The third kappa shape index (κ3) is 8.45. The molecule has 0 aromatic heterocycles. The molecule has 0 unspecified atom stereocenters. The van der Waals surface area contributed by atoms with E-state index in [2.05, 4.69) is 47.0 Å². The molecule has 136 valence electrons. The Morgan fingerprint density at radius 2 is 2.04 bits per heavy atom. The molecular formula is C18H31N3O2S. The summed E-state index contributed by atoms with van der Waals surface area (Å²) in [5, 5.41) is 6.68. The Morgan fingerprint density at radius 3 is 2.75 bits per heavy atom. The largest absolute Gasteiger partial charge is 0.493 e. The Balaban J connectivity index is 2.52. The van der Waals surface area contributed by atoms with E-state index in [0.717, 1.165) is 42.4 Å². The minimum atomic E-state index is 0.659. The number of aliphatic imine (C=N–C) groups is 1. The van der Waals surface area contributed by atoms with Gasteiger partial charge in [-0.3, -0.25) is 4.99 Å². The number of nitrogens with one attached hydrogen (secondary N) is 2. The number of aryl methyl sites for hydroxylation is 1. The maximum absolute atomic E-state index is 5.92. The van der Waals surface area contributed by atoms with Gasteiger partial charge >= 0.3 is 0 Å². The van der Waals surface area contributed by atoms with Crippen molar-refractivity contribution in [3.05, 3.63) is 29.3 Å². The third-order valence-electron chi connectivity index (χ3n) is 3.46. The van der Waals surface area contributed by atoms with Gasteiger partial charge < -0.3 is 20.1 Å². The van der Waals surface area contributed by atoms with E-state index in [1.165, 1.54) is 5.56 Å². The average molecular weight is 354 g/mol. The lowest BCUT2D eigenvalue weighted by Gasteiger charge is -2.15. The zero-order valence-electron chi connectivity index (χ0n) is 15.4. The van der Waals surface area contributed by atoms with Crippen LogP contribution in [0, 0.1) is 6.92 Å². The monoisotopic (exact) mass is 353 g/mol. The van der Waals surface area contributed by atoms with E-state index < -0.39 is 0 Å². The number of benzene rings is 1. The summed E-state index contributed by atoms with van der Waals surface area (Å²) in [6, 6.07) is 6.29. The highest BCUT2D eigenvalue weighted by Crippen LogP contribution is 2.20. The van der Waals surface area contributed by atoms with Crippen LogP contribution >= 0.6 is 11.8 Å². The molecule has 0 saturated carbocycles. The quantitative estimate of drug-likeness (QED) is 0.364. The number of methoxy groups -OCH3 is 1. The number of ether oxygens (including phenoxy) is 2. The van der Waals surface area contributed by atoms with E-state index in [-0.39, 0.29) is 0 Å². The molecule has 0 aliphatic heterocycles. The zero-order chi connectivity index (χ0) is 17.6. The summed E-state index contributed by atoms with van der Waals surface area (Å²) in [5.74, 6) is 2.90. The SMILES string of the molecule is CN=C(NCCCSC)NCc1ccc(C)cc1OCCCOC. The number of nitrogens with zero attached hydrogens (tertiary/aromatic N) is 1.